The average molecular weight is 516 g/mol. The smallest absolute Gasteiger partial charge is 0.451 e. The number of carbonyl (C=O) groups is 2. The number of fused-ring (bicyclic) bond motifs is 1. The number of furan rings is 1. The highest BCUT2D eigenvalue weighted by Crippen LogP contribution is 2.33. The first-order chi connectivity index (χ1) is 17.3. The van der Waals surface area contributed by atoms with Gasteiger partial charge < -0.3 is 19.4 Å². The Labute approximate surface area is 207 Å². The molecule has 1 aliphatic heterocycles. The molecule has 1 aliphatic rings. The van der Waals surface area contributed by atoms with Gasteiger partial charge in [-0.15, -0.1) is 24.5 Å². The van der Waals surface area contributed by atoms with Gasteiger partial charge in [0.15, 0.2) is 11.5 Å². The predicted octanol–water partition coefficient (Wildman–Crippen LogP) is 6.06. The topological polar surface area (TPSA) is 84.7 Å². The molecule has 36 heavy (non-hydrogen) atoms. The first-order valence-corrected chi connectivity index (χ1v) is 12.0. The number of benzene rings is 2. The molecule has 186 valence electrons. The van der Waals surface area contributed by atoms with Gasteiger partial charge in [-0.2, -0.15) is 0 Å². The quantitative estimate of drug-likeness (QED) is 0.349. The van der Waals surface area contributed by atoms with Crippen LogP contribution >= 0.6 is 11.3 Å². The van der Waals surface area contributed by atoms with Crippen molar-refractivity contribution in [3.8, 4) is 5.75 Å². The Hall–Kier alpha value is -3.86. The molecule has 0 spiro atoms. The molecule has 0 unspecified atom stereocenters. The summed E-state index contributed by atoms with van der Waals surface area (Å²) in [5.41, 5.74) is 0.668. The average Bonchev–Trinajstić information content (AvgIpc) is 3.52. The molecule has 4 aromatic rings. The van der Waals surface area contributed by atoms with Crippen molar-refractivity contribution in [3.05, 3.63) is 76.4 Å². The minimum Gasteiger partial charge on any atom is -0.451 e. The van der Waals surface area contributed by atoms with E-state index in [0.29, 0.717) is 37.3 Å². The fourth-order valence-corrected chi connectivity index (χ4v) is 5.09. The van der Waals surface area contributed by atoms with Gasteiger partial charge in [-0.1, -0.05) is 30.3 Å². The van der Waals surface area contributed by atoms with Crippen molar-refractivity contribution in [2.45, 2.75) is 25.1 Å². The lowest BCUT2D eigenvalue weighted by Crippen LogP contribution is -2.37. The molecule has 7 nitrogen and oxygen atoms in total. The summed E-state index contributed by atoms with van der Waals surface area (Å²) in [5.74, 6) is -0.929. The summed E-state index contributed by atoms with van der Waals surface area (Å²) in [6.07, 6.45) is -3.54. The number of ether oxygens (including phenoxy) is 1. The molecule has 0 bridgehead atoms. The summed E-state index contributed by atoms with van der Waals surface area (Å²) in [5, 5.41) is 5.63. The maximum atomic E-state index is 12.9. The third-order valence-electron chi connectivity index (χ3n) is 5.88. The number of carbonyl (C=O) groups excluding carboxylic acids is 2. The molecule has 11 heteroatoms. The lowest BCUT2D eigenvalue weighted by atomic mass is 9.97. The van der Waals surface area contributed by atoms with Gasteiger partial charge in [0.2, 0.25) is 0 Å². The molecule has 1 saturated heterocycles. The number of rotatable bonds is 5. The number of hydrogen-bond acceptors (Lipinski definition) is 6. The van der Waals surface area contributed by atoms with Crippen LogP contribution in [0.3, 0.4) is 0 Å². The number of thiazole rings is 1. The van der Waals surface area contributed by atoms with Crippen LogP contribution in [0, 0.1) is 0 Å². The maximum absolute atomic E-state index is 12.9. The second-order valence-electron chi connectivity index (χ2n) is 8.28. The van der Waals surface area contributed by atoms with E-state index in [9.17, 15) is 22.8 Å². The van der Waals surface area contributed by atoms with E-state index in [1.807, 2.05) is 24.3 Å². The molecule has 1 fully saturated rings. The van der Waals surface area contributed by atoms with Crippen molar-refractivity contribution in [1.29, 1.82) is 0 Å². The van der Waals surface area contributed by atoms with Gasteiger partial charge in [-0.25, -0.2) is 4.98 Å². The highest BCUT2D eigenvalue weighted by Gasteiger charge is 2.32. The fraction of sp³-hybridized carbons (Fsp3) is 0.240. The van der Waals surface area contributed by atoms with Crippen LogP contribution in [0.4, 0.5) is 18.9 Å². The van der Waals surface area contributed by atoms with Gasteiger partial charge in [0.05, 0.1) is 10.7 Å². The zero-order chi connectivity index (χ0) is 25.3. The summed E-state index contributed by atoms with van der Waals surface area (Å²) in [4.78, 5) is 31.7. The van der Waals surface area contributed by atoms with Gasteiger partial charge in [0.25, 0.3) is 11.8 Å². The van der Waals surface area contributed by atoms with Crippen LogP contribution in [0.2, 0.25) is 0 Å². The number of aromatic nitrogens is 1. The molecule has 0 radical (unpaired) electrons. The minimum atomic E-state index is -4.88. The van der Waals surface area contributed by atoms with Gasteiger partial charge in [0, 0.05) is 29.8 Å². The van der Waals surface area contributed by atoms with Crippen LogP contribution in [0.1, 0.15) is 44.8 Å². The second kappa shape index (κ2) is 9.65. The molecular formula is C25H20F3N3O4S. The standard InChI is InChI=1S/C25H20F3N3O4S/c26-25(27,28)35-20-8-4-2-6-17(20)29-22(32)18-14-36-23(30-18)15-9-11-31(12-10-15)24(33)21-13-16-5-1-3-7-19(16)34-21/h1-8,13-15H,9-12H2,(H,29,32). The van der Waals surface area contributed by atoms with E-state index in [2.05, 4.69) is 15.0 Å². The molecule has 1 N–H and O–H groups in total. The zero-order valence-corrected chi connectivity index (χ0v) is 19.6. The Kier molecular flexibility index (Phi) is 6.40. The summed E-state index contributed by atoms with van der Waals surface area (Å²) < 4.78 is 47.6. The largest absolute Gasteiger partial charge is 0.573 e. The number of likely N-dealkylation sites (tertiary alicyclic amines) is 1. The highest BCUT2D eigenvalue weighted by atomic mass is 32.1. The molecule has 0 aliphatic carbocycles. The molecule has 2 aromatic carbocycles. The number of hydrogen-bond donors (Lipinski definition) is 1. The number of anilines is 1. The number of nitrogens with zero attached hydrogens (tertiary/aromatic N) is 2. The molecule has 5 rings (SSSR count). The highest BCUT2D eigenvalue weighted by molar-refractivity contribution is 7.10. The Bertz CT molecular complexity index is 1370. The van der Waals surface area contributed by atoms with E-state index in [0.717, 1.165) is 16.5 Å². The lowest BCUT2D eigenvalue weighted by molar-refractivity contribution is -0.274. The Morgan fingerprint density at radius 2 is 1.81 bits per heavy atom. The monoisotopic (exact) mass is 515 g/mol. The van der Waals surface area contributed by atoms with Crippen molar-refractivity contribution < 1.29 is 31.9 Å². The van der Waals surface area contributed by atoms with Crippen LogP contribution in [0.5, 0.6) is 5.75 Å². The summed E-state index contributed by atoms with van der Waals surface area (Å²) >= 11 is 1.31. The third-order valence-corrected chi connectivity index (χ3v) is 6.89. The molecule has 0 atom stereocenters. The lowest BCUT2D eigenvalue weighted by Gasteiger charge is -2.30. The maximum Gasteiger partial charge on any atom is 0.573 e. The predicted molar refractivity (Wildman–Crippen MR) is 127 cm³/mol. The Morgan fingerprint density at radius 3 is 2.56 bits per heavy atom. The van der Waals surface area contributed by atoms with Crippen LogP contribution in [-0.4, -0.2) is 41.2 Å². The van der Waals surface area contributed by atoms with Gasteiger partial charge in [-0.05, 0) is 37.1 Å². The van der Waals surface area contributed by atoms with E-state index in [-0.39, 0.29) is 23.2 Å². The van der Waals surface area contributed by atoms with Crippen molar-refractivity contribution in [2.24, 2.45) is 0 Å². The Balaban J connectivity index is 1.20. The van der Waals surface area contributed by atoms with Crippen molar-refractivity contribution in [3.63, 3.8) is 0 Å². The number of piperidine rings is 1. The molecule has 2 amide bonds. The van der Waals surface area contributed by atoms with E-state index in [4.69, 9.17) is 4.42 Å². The first kappa shape index (κ1) is 23.9. The van der Waals surface area contributed by atoms with Gasteiger partial charge in [0.1, 0.15) is 11.3 Å². The van der Waals surface area contributed by atoms with Crippen molar-refractivity contribution in [1.82, 2.24) is 9.88 Å². The summed E-state index contributed by atoms with van der Waals surface area (Å²) in [6, 6.07) is 14.5. The van der Waals surface area contributed by atoms with Gasteiger partial charge >= 0.3 is 6.36 Å². The Morgan fingerprint density at radius 1 is 1.08 bits per heavy atom. The van der Waals surface area contributed by atoms with Crippen LogP contribution in [-0.2, 0) is 0 Å². The molecule has 2 aromatic heterocycles. The fourth-order valence-electron chi connectivity index (χ4n) is 4.12. The number of amides is 2. The summed E-state index contributed by atoms with van der Waals surface area (Å²) in [6.45, 7) is 1.04. The number of nitrogens with one attached hydrogen (secondary N) is 1. The SMILES string of the molecule is O=C(Nc1ccccc1OC(F)(F)F)c1csc(C2CCN(C(=O)c3cc4ccccc4o3)CC2)n1. The van der Waals surface area contributed by atoms with E-state index in [1.165, 1.54) is 29.5 Å². The molecule has 3 heterocycles. The minimum absolute atomic E-state index is 0.0668. The number of alkyl halides is 3. The van der Waals surface area contributed by atoms with Crippen molar-refractivity contribution >= 4 is 39.8 Å². The van der Waals surface area contributed by atoms with Crippen LogP contribution in [0.15, 0.2) is 64.4 Å². The van der Waals surface area contributed by atoms with E-state index in [1.54, 1.807) is 16.3 Å². The van der Waals surface area contributed by atoms with Crippen molar-refractivity contribution in [2.75, 3.05) is 18.4 Å². The zero-order valence-electron chi connectivity index (χ0n) is 18.7. The third kappa shape index (κ3) is 5.20. The second-order valence-corrected chi connectivity index (χ2v) is 9.17. The molecule has 0 saturated carbocycles. The summed E-state index contributed by atoms with van der Waals surface area (Å²) in [7, 11) is 0. The van der Waals surface area contributed by atoms with E-state index >= 15 is 0 Å². The van der Waals surface area contributed by atoms with Gasteiger partial charge in [-0.3, -0.25) is 9.59 Å². The van der Waals surface area contributed by atoms with E-state index < -0.39 is 18.0 Å². The number of para-hydroxylation sites is 3. The number of halogens is 3. The first-order valence-electron chi connectivity index (χ1n) is 11.2. The van der Waals surface area contributed by atoms with Crippen LogP contribution < -0.4 is 10.1 Å². The normalized spacial score (nSPS) is 14.7. The molecular weight excluding hydrogens is 495 g/mol. The van der Waals surface area contributed by atoms with Crippen LogP contribution in [0.25, 0.3) is 11.0 Å².